The topological polar surface area (TPSA) is 11.4 Å². The third-order valence-corrected chi connectivity index (χ3v) is 18.0. The summed E-state index contributed by atoms with van der Waals surface area (Å²) in [6, 6.07) is 61.8. The molecule has 8 aromatic carbocycles. The second-order valence-electron chi connectivity index (χ2n) is 27.2. The first-order chi connectivity index (χ1) is 35.8. The van der Waals surface area contributed by atoms with Crippen molar-refractivity contribution in [2.75, 3.05) is 9.80 Å². The lowest BCUT2D eigenvalue weighted by molar-refractivity contribution is 0.569. The molecule has 3 nitrogen and oxygen atoms in total. The molecule has 2 aromatic heterocycles. The van der Waals surface area contributed by atoms with Crippen LogP contribution >= 0.6 is 11.3 Å². The van der Waals surface area contributed by atoms with Crippen molar-refractivity contribution in [3.05, 3.63) is 186 Å². The smallest absolute Gasteiger partial charge is 0.264 e. The van der Waals surface area contributed by atoms with Gasteiger partial charge < -0.3 is 14.4 Å². The van der Waals surface area contributed by atoms with Gasteiger partial charge in [-0.1, -0.05) is 195 Å². The summed E-state index contributed by atoms with van der Waals surface area (Å²) in [4.78, 5) is 5.31. The van der Waals surface area contributed by atoms with Crippen molar-refractivity contribution in [3.8, 4) is 22.3 Å². The van der Waals surface area contributed by atoms with Crippen molar-refractivity contribution in [2.45, 2.75) is 131 Å². The Morgan fingerprint density at radius 3 is 1.58 bits per heavy atom. The highest BCUT2D eigenvalue weighted by Crippen LogP contribution is 2.52. The van der Waals surface area contributed by atoms with Gasteiger partial charge in [0.15, 0.2) is 0 Å². The number of thiophene rings is 1. The van der Waals surface area contributed by atoms with Crippen molar-refractivity contribution in [3.63, 3.8) is 0 Å². The Morgan fingerprint density at radius 2 is 0.908 bits per heavy atom. The molecule has 76 heavy (non-hydrogen) atoms. The molecule has 2 aliphatic heterocycles. The zero-order valence-electron chi connectivity index (χ0n) is 47.8. The monoisotopic (exact) mass is 1010 g/mol. The lowest BCUT2D eigenvalue weighted by atomic mass is 9.36. The van der Waals surface area contributed by atoms with Gasteiger partial charge in [0.05, 0.1) is 17.1 Å². The molecule has 382 valence electrons. The van der Waals surface area contributed by atoms with E-state index in [0.717, 1.165) is 0 Å². The molecule has 0 atom stereocenters. The first kappa shape index (κ1) is 50.0. The molecule has 4 heterocycles. The van der Waals surface area contributed by atoms with E-state index < -0.39 is 0 Å². The van der Waals surface area contributed by atoms with Crippen LogP contribution in [0.3, 0.4) is 0 Å². The summed E-state index contributed by atoms with van der Waals surface area (Å²) in [6.07, 6.45) is 0. The van der Waals surface area contributed by atoms with Gasteiger partial charge in [0.25, 0.3) is 6.71 Å². The van der Waals surface area contributed by atoms with Crippen LogP contribution < -0.4 is 25.5 Å². The third kappa shape index (κ3) is 8.05. The Balaban J connectivity index is 1.19. The molecule has 2 aliphatic rings. The molecule has 0 radical (unpaired) electrons. The minimum Gasteiger partial charge on any atom is -0.344 e. The summed E-state index contributed by atoms with van der Waals surface area (Å²) in [5.74, 6) is 0. The number of aromatic nitrogens is 1. The molecule has 10 aromatic rings. The Labute approximate surface area is 457 Å². The van der Waals surface area contributed by atoms with Crippen LogP contribution in [0.5, 0.6) is 0 Å². The summed E-state index contributed by atoms with van der Waals surface area (Å²) in [5, 5.41) is 3.87. The molecule has 0 unspecified atom stereocenters. The van der Waals surface area contributed by atoms with Gasteiger partial charge in [0.1, 0.15) is 0 Å². The summed E-state index contributed by atoms with van der Waals surface area (Å²) < 4.78 is 5.05. The van der Waals surface area contributed by atoms with Crippen LogP contribution in [0.4, 0.5) is 34.1 Å². The number of nitrogens with zero attached hydrogens (tertiary/aromatic N) is 3. The lowest BCUT2D eigenvalue weighted by Crippen LogP contribution is -2.60. The van der Waals surface area contributed by atoms with Crippen LogP contribution in [-0.4, -0.2) is 11.3 Å². The Bertz CT molecular complexity index is 3960. The van der Waals surface area contributed by atoms with Crippen LogP contribution in [0.25, 0.3) is 54.1 Å². The van der Waals surface area contributed by atoms with Crippen LogP contribution in [-0.2, 0) is 34.1 Å². The maximum absolute atomic E-state index is 2.69. The standard InChI is InChI=1S/C71H74BN3S/c1-67(2,3)45-29-33-59(52(40-45)43-28-32-57-53(38-43)51-23-18-19-24-56(51)73(57)16)75-62-27-21-26-61-64(62)72(66-65(75)54-41-46(68(4,5)6)31-35-63(54)76-66)55-42-47(69(7,8)9)30-34-60(55)74(61)58-25-20-17-22-50(58)44-36-48(70(10,11)12)39-49(37-44)71(13,14)15/h17-42H,1-16H3. The number of rotatable bonds is 4. The lowest BCUT2D eigenvalue weighted by Gasteiger charge is -2.44. The number of hydrogen-bond donors (Lipinski definition) is 0. The summed E-state index contributed by atoms with van der Waals surface area (Å²) in [6.45, 7) is 35.2. The van der Waals surface area contributed by atoms with E-state index in [4.69, 9.17) is 0 Å². The van der Waals surface area contributed by atoms with Gasteiger partial charge in [-0.15, -0.1) is 11.3 Å². The van der Waals surface area contributed by atoms with E-state index in [1.54, 1.807) is 0 Å². The molecule has 0 amide bonds. The molecule has 0 bridgehead atoms. The maximum Gasteiger partial charge on any atom is 0.264 e. The van der Waals surface area contributed by atoms with E-state index in [1.165, 1.54) is 132 Å². The van der Waals surface area contributed by atoms with Gasteiger partial charge in [-0.25, -0.2) is 0 Å². The highest BCUT2D eigenvalue weighted by Gasteiger charge is 2.46. The first-order valence-corrected chi connectivity index (χ1v) is 28.4. The van der Waals surface area contributed by atoms with Gasteiger partial charge >= 0.3 is 0 Å². The van der Waals surface area contributed by atoms with Crippen LogP contribution in [0, 0.1) is 0 Å². The van der Waals surface area contributed by atoms with Crippen molar-refractivity contribution in [2.24, 2.45) is 7.05 Å². The molecule has 0 fully saturated rings. The van der Waals surface area contributed by atoms with Crippen LogP contribution in [0.1, 0.15) is 132 Å². The van der Waals surface area contributed by atoms with E-state index in [2.05, 4.69) is 283 Å². The van der Waals surface area contributed by atoms with E-state index in [-0.39, 0.29) is 33.8 Å². The SMILES string of the molecule is Cn1c2ccccc2c2cc(-c3cc(C(C)(C)C)ccc3N3c4cccc5c4B(c4cc(C(C)(C)C)ccc4N5c4ccccc4-c4cc(C(C)(C)C)cc(C(C)(C)C)c4)c4sc5ccc(C(C)(C)C)cc5c43)ccc21. The molecule has 5 heteroatoms. The number of anilines is 6. The van der Waals surface area contributed by atoms with Crippen LogP contribution in [0.2, 0.25) is 0 Å². The van der Waals surface area contributed by atoms with E-state index in [1.807, 2.05) is 11.3 Å². The number of fused-ring (bicyclic) bond motifs is 9. The number of benzene rings is 8. The average Bonchev–Trinajstić information content (AvgIpc) is 4.00. The highest BCUT2D eigenvalue weighted by atomic mass is 32.1. The second kappa shape index (κ2) is 17.1. The van der Waals surface area contributed by atoms with Crippen molar-refractivity contribution >= 4 is 99.8 Å². The normalized spacial score (nSPS) is 14.0. The Kier molecular flexibility index (Phi) is 11.3. The molecule has 0 aliphatic carbocycles. The number of aryl methyl sites for hydroxylation is 1. The van der Waals surface area contributed by atoms with Gasteiger partial charge in [-0.2, -0.15) is 0 Å². The molecule has 0 saturated carbocycles. The quantitative estimate of drug-likeness (QED) is 0.163. The zero-order chi connectivity index (χ0) is 53.8. The Hall–Kier alpha value is -6.82. The minimum absolute atomic E-state index is 0.00491. The van der Waals surface area contributed by atoms with Gasteiger partial charge in [-0.05, 0) is 144 Å². The van der Waals surface area contributed by atoms with Gasteiger partial charge in [0, 0.05) is 71.9 Å². The summed E-state index contributed by atoms with van der Waals surface area (Å²) in [7, 11) is 2.20. The second-order valence-corrected chi connectivity index (χ2v) is 28.3. The zero-order valence-corrected chi connectivity index (χ0v) is 48.7. The van der Waals surface area contributed by atoms with Gasteiger partial charge in [0.2, 0.25) is 0 Å². The van der Waals surface area contributed by atoms with E-state index >= 15 is 0 Å². The minimum atomic E-state index is -0.0695. The largest absolute Gasteiger partial charge is 0.344 e. The molecular formula is C71H74BN3S. The summed E-state index contributed by atoms with van der Waals surface area (Å²) >= 11 is 1.99. The number of hydrogen-bond acceptors (Lipinski definition) is 3. The molecular weight excluding hydrogens is 938 g/mol. The summed E-state index contributed by atoms with van der Waals surface area (Å²) in [5.41, 5.74) is 24.0. The fraction of sp³-hybridized carbons (Fsp3) is 0.296. The molecule has 0 spiro atoms. The number of para-hydroxylation sites is 2. The van der Waals surface area contributed by atoms with Crippen molar-refractivity contribution in [1.82, 2.24) is 4.57 Å². The van der Waals surface area contributed by atoms with E-state index in [0.29, 0.717) is 0 Å². The highest BCUT2D eigenvalue weighted by molar-refractivity contribution is 7.33. The fourth-order valence-corrected chi connectivity index (χ4v) is 13.5. The molecule has 0 saturated heterocycles. The van der Waals surface area contributed by atoms with E-state index in [9.17, 15) is 0 Å². The Morgan fingerprint density at radius 1 is 0.368 bits per heavy atom. The predicted octanol–water partition coefficient (Wildman–Crippen LogP) is 18.5. The predicted molar refractivity (Wildman–Crippen MR) is 334 cm³/mol. The third-order valence-electron chi connectivity index (χ3n) is 16.8. The van der Waals surface area contributed by atoms with Crippen LogP contribution in [0.15, 0.2) is 158 Å². The maximum atomic E-state index is 2.69. The van der Waals surface area contributed by atoms with Gasteiger partial charge in [-0.3, -0.25) is 0 Å². The molecule has 0 N–H and O–H groups in total. The van der Waals surface area contributed by atoms with Crippen molar-refractivity contribution in [1.29, 1.82) is 0 Å². The average molecular weight is 1010 g/mol. The first-order valence-electron chi connectivity index (χ1n) is 27.6. The van der Waals surface area contributed by atoms with Crippen molar-refractivity contribution < 1.29 is 0 Å². The fourth-order valence-electron chi connectivity index (χ4n) is 12.2. The molecule has 12 rings (SSSR count).